The molecule has 1 fully saturated rings. The molecule has 28 heavy (non-hydrogen) atoms. The molecule has 2 unspecified atom stereocenters. The van der Waals surface area contributed by atoms with Crippen molar-refractivity contribution in [3.05, 3.63) is 96.3 Å². The van der Waals surface area contributed by atoms with E-state index in [1.807, 2.05) is 36.4 Å². The first-order valence-corrected chi connectivity index (χ1v) is 10.8. The molecule has 6 heteroatoms. The van der Waals surface area contributed by atoms with Gasteiger partial charge in [-0.15, -0.1) is 0 Å². The molecule has 0 saturated carbocycles. The molecule has 1 saturated heterocycles. The van der Waals surface area contributed by atoms with Gasteiger partial charge in [-0.1, -0.05) is 48.5 Å². The zero-order valence-corrected chi connectivity index (χ0v) is 16.3. The summed E-state index contributed by atoms with van der Waals surface area (Å²) in [7, 11) is -3.57. The molecule has 4 rings (SSSR count). The highest BCUT2D eigenvalue weighted by atomic mass is 32.2. The molecular weight excluding hydrogens is 370 g/mol. The Kier molecular flexibility index (Phi) is 5.52. The molecule has 1 aliphatic rings. The highest BCUT2D eigenvalue weighted by Crippen LogP contribution is 2.29. The summed E-state index contributed by atoms with van der Waals surface area (Å²) in [6.45, 7) is 2.25. The average Bonchev–Trinajstić information content (AvgIpc) is 3.11. The van der Waals surface area contributed by atoms with Gasteiger partial charge in [0.2, 0.25) is 10.0 Å². The van der Waals surface area contributed by atoms with Crippen LogP contribution in [0.5, 0.6) is 0 Å². The fourth-order valence-corrected chi connectivity index (χ4v) is 5.08. The van der Waals surface area contributed by atoms with Crippen molar-refractivity contribution < 1.29 is 8.42 Å². The average molecular weight is 394 g/mol. The lowest BCUT2D eigenvalue weighted by Crippen LogP contribution is -2.39. The van der Waals surface area contributed by atoms with Crippen molar-refractivity contribution in [3.63, 3.8) is 0 Å². The van der Waals surface area contributed by atoms with Crippen LogP contribution in [-0.2, 0) is 16.6 Å². The first-order chi connectivity index (χ1) is 13.6. The van der Waals surface area contributed by atoms with Crippen LogP contribution in [0, 0.1) is 0 Å². The van der Waals surface area contributed by atoms with Crippen LogP contribution in [0.2, 0.25) is 0 Å². The van der Waals surface area contributed by atoms with Gasteiger partial charge >= 0.3 is 0 Å². The minimum absolute atomic E-state index is 0.0743. The second-order valence-electron chi connectivity index (χ2n) is 7.11. The van der Waals surface area contributed by atoms with Gasteiger partial charge in [0, 0.05) is 44.0 Å². The third-order valence-corrected chi connectivity index (χ3v) is 6.64. The lowest BCUT2D eigenvalue weighted by Gasteiger charge is -2.20. The third kappa shape index (κ3) is 4.30. The molecular formula is C22H23N3O2S. The van der Waals surface area contributed by atoms with E-state index in [-0.39, 0.29) is 12.0 Å². The van der Waals surface area contributed by atoms with Crippen LogP contribution in [0.15, 0.2) is 90.1 Å². The van der Waals surface area contributed by atoms with Gasteiger partial charge in [-0.25, -0.2) is 13.1 Å². The fourth-order valence-electron chi connectivity index (χ4n) is 3.79. The van der Waals surface area contributed by atoms with Crippen LogP contribution in [0.3, 0.4) is 0 Å². The Balaban J connectivity index is 1.57. The third-order valence-electron chi connectivity index (χ3n) is 5.14. The predicted molar refractivity (Wildman–Crippen MR) is 109 cm³/mol. The summed E-state index contributed by atoms with van der Waals surface area (Å²) >= 11 is 0. The van der Waals surface area contributed by atoms with Crippen LogP contribution in [0.25, 0.3) is 0 Å². The topological polar surface area (TPSA) is 62.3 Å². The van der Waals surface area contributed by atoms with Gasteiger partial charge in [-0.2, -0.15) is 0 Å². The number of hydrogen-bond acceptors (Lipinski definition) is 4. The van der Waals surface area contributed by atoms with Gasteiger partial charge in [-0.05, 0) is 35.4 Å². The van der Waals surface area contributed by atoms with E-state index in [0.717, 1.165) is 18.7 Å². The molecule has 0 aliphatic carbocycles. The van der Waals surface area contributed by atoms with Crippen molar-refractivity contribution >= 4 is 10.0 Å². The minimum Gasteiger partial charge on any atom is -0.297 e. The van der Waals surface area contributed by atoms with E-state index in [1.165, 1.54) is 5.56 Å². The Morgan fingerprint density at radius 2 is 1.54 bits per heavy atom. The van der Waals surface area contributed by atoms with E-state index in [9.17, 15) is 8.42 Å². The van der Waals surface area contributed by atoms with Crippen molar-refractivity contribution in [1.82, 2.24) is 14.6 Å². The quantitative estimate of drug-likeness (QED) is 0.699. The maximum atomic E-state index is 12.9. The number of aromatic nitrogens is 1. The van der Waals surface area contributed by atoms with Gasteiger partial charge in [0.15, 0.2) is 0 Å². The summed E-state index contributed by atoms with van der Waals surface area (Å²) in [5.41, 5.74) is 2.33. The van der Waals surface area contributed by atoms with Crippen LogP contribution in [0.4, 0.5) is 0 Å². The Labute approximate surface area is 166 Å². The molecule has 0 spiro atoms. The standard InChI is InChI=1S/C22H23N3O2S/c26-28(27,20-9-5-2-6-10-20)24-22-17-25(15-18-7-3-1-4-8-18)16-21(22)19-11-13-23-14-12-19/h1-14,21-22,24H,15-17H2. The van der Waals surface area contributed by atoms with Crippen LogP contribution < -0.4 is 4.72 Å². The van der Waals surface area contributed by atoms with Gasteiger partial charge in [-0.3, -0.25) is 9.88 Å². The van der Waals surface area contributed by atoms with Gasteiger partial charge in [0.05, 0.1) is 4.90 Å². The highest BCUT2D eigenvalue weighted by molar-refractivity contribution is 7.89. The molecule has 1 aliphatic heterocycles. The summed E-state index contributed by atoms with van der Waals surface area (Å²) in [5, 5.41) is 0. The van der Waals surface area contributed by atoms with E-state index in [1.54, 1.807) is 36.7 Å². The first-order valence-electron chi connectivity index (χ1n) is 9.35. The van der Waals surface area contributed by atoms with Gasteiger partial charge in [0.1, 0.15) is 0 Å². The fraction of sp³-hybridized carbons (Fsp3) is 0.227. The molecule has 0 amide bonds. The van der Waals surface area contributed by atoms with E-state index in [0.29, 0.717) is 11.4 Å². The van der Waals surface area contributed by atoms with E-state index >= 15 is 0 Å². The molecule has 2 aromatic carbocycles. The summed E-state index contributed by atoms with van der Waals surface area (Å²) in [5.74, 6) is 0.0743. The summed E-state index contributed by atoms with van der Waals surface area (Å²) in [6, 6.07) is 22.6. The Hall–Kier alpha value is -2.54. The minimum atomic E-state index is -3.57. The van der Waals surface area contributed by atoms with Crippen molar-refractivity contribution in [3.8, 4) is 0 Å². The van der Waals surface area contributed by atoms with Crippen LogP contribution in [0.1, 0.15) is 17.0 Å². The monoisotopic (exact) mass is 393 g/mol. The molecule has 0 radical (unpaired) electrons. The summed E-state index contributed by atoms with van der Waals surface area (Å²) < 4.78 is 28.7. The predicted octanol–water partition coefficient (Wildman–Crippen LogP) is 3.03. The molecule has 0 bridgehead atoms. The Morgan fingerprint density at radius 1 is 0.893 bits per heavy atom. The normalized spacial score (nSPS) is 20.3. The van der Waals surface area contributed by atoms with Crippen molar-refractivity contribution in [2.45, 2.75) is 23.4 Å². The van der Waals surface area contributed by atoms with Crippen molar-refractivity contribution in [2.24, 2.45) is 0 Å². The smallest absolute Gasteiger partial charge is 0.240 e. The second-order valence-corrected chi connectivity index (χ2v) is 8.82. The number of sulfonamides is 1. The maximum Gasteiger partial charge on any atom is 0.240 e. The van der Waals surface area contributed by atoms with E-state index in [4.69, 9.17) is 0 Å². The van der Waals surface area contributed by atoms with Crippen LogP contribution >= 0.6 is 0 Å². The zero-order chi connectivity index (χ0) is 19.4. The lowest BCUT2D eigenvalue weighted by atomic mass is 9.96. The van der Waals surface area contributed by atoms with E-state index in [2.05, 4.69) is 26.7 Å². The number of pyridine rings is 1. The molecule has 3 aromatic rings. The number of likely N-dealkylation sites (tertiary alicyclic amines) is 1. The van der Waals surface area contributed by atoms with E-state index < -0.39 is 10.0 Å². The summed E-state index contributed by atoms with van der Waals surface area (Å²) in [6.07, 6.45) is 3.52. The van der Waals surface area contributed by atoms with Gasteiger partial charge in [0.25, 0.3) is 0 Å². The summed E-state index contributed by atoms with van der Waals surface area (Å²) in [4.78, 5) is 6.70. The number of rotatable bonds is 6. The lowest BCUT2D eigenvalue weighted by molar-refractivity contribution is 0.322. The Bertz CT molecular complexity index is 996. The number of hydrogen-bond donors (Lipinski definition) is 1. The number of benzene rings is 2. The number of nitrogens with zero attached hydrogens (tertiary/aromatic N) is 2. The molecule has 5 nitrogen and oxygen atoms in total. The Morgan fingerprint density at radius 3 is 2.21 bits per heavy atom. The molecule has 1 aromatic heterocycles. The van der Waals surface area contributed by atoms with Gasteiger partial charge < -0.3 is 0 Å². The second kappa shape index (κ2) is 8.22. The molecule has 2 atom stereocenters. The van der Waals surface area contributed by atoms with Crippen molar-refractivity contribution in [2.75, 3.05) is 13.1 Å². The highest BCUT2D eigenvalue weighted by Gasteiger charge is 2.36. The largest absolute Gasteiger partial charge is 0.297 e. The SMILES string of the molecule is O=S(=O)(NC1CN(Cc2ccccc2)CC1c1ccncc1)c1ccccc1. The maximum absolute atomic E-state index is 12.9. The molecule has 1 N–H and O–H groups in total. The van der Waals surface area contributed by atoms with Crippen LogP contribution in [-0.4, -0.2) is 37.4 Å². The molecule has 144 valence electrons. The van der Waals surface area contributed by atoms with Crippen molar-refractivity contribution in [1.29, 1.82) is 0 Å². The zero-order valence-electron chi connectivity index (χ0n) is 15.5. The molecule has 2 heterocycles. The number of nitrogens with one attached hydrogen (secondary N) is 1. The first kappa shape index (κ1) is 18.8.